The topological polar surface area (TPSA) is 43.4 Å². The molecule has 92 valence electrons. The average molecular weight is 226 g/mol. The fourth-order valence-corrected chi connectivity index (χ4v) is 2.96. The molecule has 0 aromatic rings. The van der Waals surface area contributed by atoms with Crippen LogP contribution in [0.3, 0.4) is 0 Å². The van der Waals surface area contributed by atoms with E-state index in [9.17, 15) is 9.59 Å². The van der Waals surface area contributed by atoms with Crippen LogP contribution in [0.1, 0.15) is 47.0 Å². The Morgan fingerprint density at radius 3 is 2.75 bits per heavy atom. The van der Waals surface area contributed by atoms with Crippen LogP contribution in [-0.4, -0.2) is 17.9 Å². The minimum atomic E-state index is -0.340. The van der Waals surface area contributed by atoms with Gasteiger partial charge in [0, 0.05) is 13.3 Å². The molecule has 0 spiro atoms. The molecule has 0 aromatic carbocycles. The van der Waals surface area contributed by atoms with Crippen molar-refractivity contribution in [2.75, 3.05) is 0 Å². The number of esters is 1. The fourth-order valence-electron chi connectivity index (χ4n) is 2.96. The van der Waals surface area contributed by atoms with Crippen LogP contribution in [0.2, 0.25) is 0 Å². The number of carbonyl (C=O) groups is 2. The van der Waals surface area contributed by atoms with E-state index in [0.717, 1.165) is 19.1 Å². The van der Waals surface area contributed by atoms with Crippen molar-refractivity contribution >= 4 is 12.3 Å². The molecule has 1 aliphatic carbocycles. The summed E-state index contributed by atoms with van der Waals surface area (Å²) in [6, 6.07) is 0. The summed E-state index contributed by atoms with van der Waals surface area (Å²) in [5.41, 5.74) is -0.340. The minimum absolute atomic E-state index is 0.210. The number of carbonyl (C=O) groups excluding carboxylic acids is 2. The normalized spacial score (nSPS) is 35.8. The minimum Gasteiger partial charge on any atom is -0.459 e. The third-order valence-electron chi connectivity index (χ3n) is 4.16. The maximum Gasteiger partial charge on any atom is 0.303 e. The predicted molar refractivity (Wildman–Crippen MR) is 61.9 cm³/mol. The Morgan fingerprint density at radius 2 is 2.25 bits per heavy atom. The summed E-state index contributed by atoms with van der Waals surface area (Å²) < 4.78 is 5.44. The summed E-state index contributed by atoms with van der Waals surface area (Å²) >= 11 is 0. The second-order valence-corrected chi connectivity index (χ2v) is 5.28. The molecule has 3 heteroatoms. The van der Waals surface area contributed by atoms with Gasteiger partial charge in [-0.05, 0) is 37.5 Å². The Balaban J connectivity index is 2.68. The third-order valence-corrected chi connectivity index (χ3v) is 4.16. The molecule has 0 aliphatic heterocycles. The van der Waals surface area contributed by atoms with Crippen molar-refractivity contribution in [2.45, 2.75) is 52.6 Å². The summed E-state index contributed by atoms with van der Waals surface area (Å²) in [4.78, 5) is 21.6. The third kappa shape index (κ3) is 2.63. The highest BCUT2D eigenvalue weighted by molar-refractivity contribution is 5.66. The van der Waals surface area contributed by atoms with Gasteiger partial charge in [-0.15, -0.1) is 0 Å². The molecule has 1 rings (SSSR count). The van der Waals surface area contributed by atoms with Gasteiger partial charge in [0.15, 0.2) is 0 Å². The molecule has 0 N–H and O–H groups in total. The Kier molecular flexibility index (Phi) is 4.11. The lowest BCUT2D eigenvalue weighted by atomic mass is 9.80. The second-order valence-electron chi connectivity index (χ2n) is 5.28. The van der Waals surface area contributed by atoms with Gasteiger partial charge in [-0.1, -0.05) is 13.8 Å². The zero-order chi connectivity index (χ0) is 12.3. The molecule has 0 amide bonds. The first-order valence-electron chi connectivity index (χ1n) is 6.04. The zero-order valence-electron chi connectivity index (χ0n) is 10.7. The van der Waals surface area contributed by atoms with E-state index in [1.807, 2.05) is 6.92 Å². The summed E-state index contributed by atoms with van der Waals surface area (Å²) in [5.74, 6) is 0.976. The predicted octanol–water partition coefficient (Wildman–Crippen LogP) is 2.58. The van der Waals surface area contributed by atoms with E-state index >= 15 is 0 Å². The number of aldehydes is 1. The Morgan fingerprint density at radius 1 is 1.62 bits per heavy atom. The standard InChI is InChI=1S/C13H22O3/c1-9(6-8-14)12-5-7-13(4,10(12)2)16-11(3)15/h8-10,12H,5-7H2,1-4H3/t9?,10-,12-,13-/m1/s1. The molecular formula is C13H22O3. The first-order chi connectivity index (χ1) is 7.40. The molecule has 0 bridgehead atoms. The Labute approximate surface area is 97.5 Å². The van der Waals surface area contributed by atoms with E-state index in [1.165, 1.54) is 6.92 Å². The highest BCUT2D eigenvalue weighted by Gasteiger charge is 2.46. The van der Waals surface area contributed by atoms with Crippen LogP contribution in [0.25, 0.3) is 0 Å². The quantitative estimate of drug-likeness (QED) is 0.546. The first-order valence-corrected chi connectivity index (χ1v) is 6.04. The van der Waals surface area contributed by atoms with E-state index in [4.69, 9.17) is 4.74 Å². The number of hydrogen-bond acceptors (Lipinski definition) is 3. The maximum atomic E-state index is 11.1. The van der Waals surface area contributed by atoms with Crippen LogP contribution in [-0.2, 0) is 14.3 Å². The van der Waals surface area contributed by atoms with Crippen molar-refractivity contribution in [1.82, 2.24) is 0 Å². The van der Waals surface area contributed by atoms with Gasteiger partial charge in [-0.2, -0.15) is 0 Å². The van der Waals surface area contributed by atoms with Crippen LogP contribution in [0, 0.1) is 17.8 Å². The van der Waals surface area contributed by atoms with Gasteiger partial charge < -0.3 is 9.53 Å². The summed E-state index contributed by atoms with van der Waals surface area (Å²) in [6.07, 6.45) is 3.53. The lowest BCUT2D eigenvalue weighted by Crippen LogP contribution is -2.36. The largest absolute Gasteiger partial charge is 0.459 e. The van der Waals surface area contributed by atoms with Crippen LogP contribution >= 0.6 is 0 Å². The average Bonchev–Trinajstić information content (AvgIpc) is 2.43. The van der Waals surface area contributed by atoms with Gasteiger partial charge in [0.25, 0.3) is 0 Å². The maximum absolute atomic E-state index is 11.1. The summed E-state index contributed by atoms with van der Waals surface area (Å²) in [5, 5.41) is 0. The van der Waals surface area contributed by atoms with E-state index < -0.39 is 0 Å². The summed E-state index contributed by atoms with van der Waals surface area (Å²) in [7, 11) is 0. The fraction of sp³-hybridized carbons (Fsp3) is 0.846. The molecule has 0 radical (unpaired) electrons. The molecule has 0 aromatic heterocycles. The van der Waals surface area contributed by atoms with Gasteiger partial charge in [-0.25, -0.2) is 0 Å². The lowest BCUT2D eigenvalue weighted by molar-refractivity contribution is -0.159. The van der Waals surface area contributed by atoms with Crippen LogP contribution in [0.5, 0.6) is 0 Å². The number of rotatable bonds is 4. The second kappa shape index (κ2) is 4.98. The van der Waals surface area contributed by atoms with E-state index in [1.54, 1.807) is 0 Å². The van der Waals surface area contributed by atoms with Gasteiger partial charge in [-0.3, -0.25) is 4.79 Å². The molecule has 1 fully saturated rings. The molecule has 16 heavy (non-hydrogen) atoms. The van der Waals surface area contributed by atoms with Crippen LogP contribution in [0.4, 0.5) is 0 Å². The Bertz CT molecular complexity index is 274. The van der Waals surface area contributed by atoms with Crippen molar-refractivity contribution in [1.29, 1.82) is 0 Å². The van der Waals surface area contributed by atoms with Crippen LogP contribution < -0.4 is 0 Å². The van der Waals surface area contributed by atoms with Crippen molar-refractivity contribution in [3.63, 3.8) is 0 Å². The van der Waals surface area contributed by atoms with Gasteiger partial charge >= 0.3 is 5.97 Å². The van der Waals surface area contributed by atoms with Gasteiger partial charge in [0.05, 0.1) is 0 Å². The summed E-state index contributed by atoms with van der Waals surface area (Å²) in [6.45, 7) is 7.70. The first kappa shape index (κ1) is 13.2. The molecule has 0 saturated heterocycles. The zero-order valence-corrected chi connectivity index (χ0v) is 10.7. The smallest absolute Gasteiger partial charge is 0.303 e. The Hall–Kier alpha value is -0.860. The highest BCUT2D eigenvalue weighted by Crippen LogP contribution is 2.46. The van der Waals surface area contributed by atoms with Crippen molar-refractivity contribution in [3.05, 3.63) is 0 Å². The molecule has 1 unspecified atom stereocenters. The number of ether oxygens (including phenoxy) is 1. The molecular weight excluding hydrogens is 204 g/mol. The SMILES string of the molecule is CC(=O)O[C@]1(C)CC[C@H](C(C)CC=O)[C@H]1C. The molecule has 4 atom stereocenters. The van der Waals surface area contributed by atoms with E-state index in [-0.39, 0.29) is 11.6 Å². The molecule has 1 aliphatic rings. The molecule has 0 heterocycles. The van der Waals surface area contributed by atoms with Crippen molar-refractivity contribution in [2.24, 2.45) is 17.8 Å². The highest BCUT2D eigenvalue weighted by atomic mass is 16.6. The van der Waals surface area contributed by atoms with Gasteiger partial charge in [0.1, 0.15) is 11.9 Å². The molecule has 3 nitrogen and oxygen atoms in total. The van der Waals surface area contributed by atoms with E-state index in [2.05, 4.69) is 13.8 Å². The monoisotopic (exact) mass is 226 g/mol. The van der Waals surface area contributed by atoms with Crippen molar-refractivity contribution in [3.8, 4) is 0 Å². The number of hydrogen-bond donors (Lipinski definition) is 0. The van der Waals surface area contributed by atoms with Crippen molar-refractivity contribution < 1.29 is 14.3 Å². The lowest BCUT2D eigenvalue weighted by Gasteiger charge is -2.32. The van der Waals surface area contributed by atoms with Crippen LogP contribution in [0.15, 0.2) is 0 Å². The van der Waals surface area contributed by atoms with Gasteiger partial charge in [0.2, 0.25) is 0 Å². The molecule has 1 saturated carbocycles. The van der Waals surface area contributed by atoms with E-state index in [0.29, 0.717) is 24.2 Å².